The normalized spacial score (nSPS) is 9.94. The molecule has 0 spiro atoms. The number of aromatic nitrogens is 1. The number of hydrogen-bond donors (Lipinski definition) is 1. The smallest absolute Gasteiger partial charge is 0.125 e. The van der Waals surface area contributed by atoms with Gasteiger partial charge in [-0.05, 0) is 42.8 Å². The van der Waals surface area contributed by atoms with E-state index in [2.05, 4.69) is 4.98 Å². The third kappa shape index (κ3) is 2.23. The number of nitrogens with zero attached hydrogens (tertiary/aromatic N) is 2. The van der Waals surface area contributed by atoms with Crippen LogP contribution in [0.25, 0.3) is 11.1 Å². The van der Waals surface area contributed by atoms with Crippen LogP contribution in [0.15, 0.2) is 30.3 Å². The van der Waals surface area contributed by atoms with Crippen LogP contribution in [-0.2, 0) is 0 Å². The van der Waals surface area contributed by atoms with Gasteiger partial charge in [-0.1, -0.05) is 0 Å². The number of anilines is 1. The van der Waals surface area contributed by atoms with Crippen LogP contribution in [0.1, 0.15) is 11.3 Å². The molecule has 0 amide bonds. The van der Waals surface area contributed by atoms with Crippen molar-refractivity contribution in [2.75, 3.05) is 5.73 Å². The second-order valence-corrected chi connectivity index (χ2v) is 3.71. The van der Waals surface area contributed by atoms with Gasteiger partial charge in [0.15, 0.2) is 0 Å². The summed E-state index contributed by atoms with van der Waals surface area (Å²) in [5.41, 5.74) is 7.95. The van der Waals surface area contributed by atoms with Gasteiger partial charge in [-0.3, -0.25) is 0 Å². The standard InChI is InChI=1S/C13H10FN3/c1-8-12(2-3-13(16)17-8)10-4-9(7-15)5-11(14)6-10/h2-6H,1H3,(H2,16,17). The molecule has 0 aliphatic carbocycles. The van der Waals surface area contributed by atoms with Crippen LogP contribution < -0.4 is 5.73 Å². The summed E-state index contributed by atoms with van der Waals surface area (Å²) in [5.74, 6) is -0.0153. The molecule has 1 aromatic heterocycles. The number of nitrogens with two attached hydrogens (primary N) is 1. The van der Waals surface area contributed by atoms with Gasteiger partial charge in [0, 0.05) is 11.3 Å². The van der Waals surface area contributed by atoms with Gasteiger partial charge < -0.3 is 5.73 Å². The number of benzene rings is 1. The summed E-state index contributed by atoms with van der Waals surface area (Å²) >= 11 is 0. The van der Waals surface area contributed by atoms with Crippen molar-refractivity contribution < 1.29 is 4.39 Å². The average molecular weight is 227 g/mol. The molecule has 1 aromatic carbocycles. The highest BCUT2D eigenvalue weighted by molar-refractivity contribution is 5.68. The van der Waals surface area contributed by atoms with E-state index in [9.17, 15) is 4.39 Å². The summed E-state index contributed by atoms with van der Waals surface area (Å²) in [5, 5.41) is 8.79. The first kappa shape index (κ1) is 11.1. The maximum atomic E-state index is 13.3. The number of hydrogen-bond acceptors (Lipinski definition) is 3. The number of halogens is 1. The van der Waals surface area contributed by atoms with Crippen LogP contribution in [0.3, 0.4) is 0 Å². The fraction of sp³-hybridized carbons (Fsp3) is 0.0769. The molecule has 1 heterocycles. The lowest BCUT2D eigenvalue weighted by Crippen LogP contribution is -1.94. The second kappa shape index (κ2) is 4.22. The molecule has 84 valence electrons. The number of nitriles is 1. The van der Waals surface area contributed by atoms with Crippen LogP contribution in [0.2, 0.25) is 0 Å². The van der Waals surface area contributed by atoms with Crippen LogP contribution in [-0.4, -0.2) is 4.98 Å². The number of aryl methyl sites for hydroxylation is 1. The van der Waals surface area contributed by atoms with Crippen molar-refractivity contribution in [2.24, 2.45) is 0 Å². The Morgan fingerprint density at radius 1 is 1.29 bits per heavy atom. The zero-order chi connectivity index (χ0) is 12.4. The minimum Gasteiger partial charge on any atom is -0.384 e. The fourth-order valence-electron chi connectivity index (χ4n) is 1.70. The molecule has 17 heavy (non-hydrogen) atoms. The Bertz CT molecular complexity index is 615. The predicted octanol–water partition coefficient (Wildman–Crippen LogP) is 2.65. The first-order valence-corrected chi connectivity index (χ1v) is 5.04. The first-order chi connectivity index (χ1) is 8.10. The van der Waals surface area contributed by atoms with Crippen molar-refractivity contribution >= 4 is 5.82 Å². The summed E-state index contributed by atoms with van der Waals surface area (Å²) in [6.45, 7) is 1.79. The Labute approximate surface area is 98.3 Å². The van der Waals surface area contributed by atoms with Crippen molar-refractivity contribution in [3.63, 3.8) is 0 Å². The summed E-state index contributed by atoms with van der Waals surface area (Å²) in [6, 6.07) is 9.55. The summed E-state index contributed by atoms with van der Waals surface area (Å²) in [4.78, 5) is 4.11. The summed E-state index contributed by atoms with van der Waals surface area (Å²) < 4.78 is 13.3. The lowest BCUT2D eigenvalue weighted by atomic mass is 10.0. The van der Waals surface area contributed by atoms with Crippen LogP contribution >= 0.6 is 0 Å². The lowest BCUT2D eigenvalue weighted by Gasteiger charge is -2.06. The van der Waals surface area contributed by atoms with Crippen molar-refractivity contribution in [1.29, 1.82) is 5.26 Å². The van der Waals surface area contributed by atoms with E-state index >= 15 is 0 Å². The van der Waals surface area contributed by atoms with E-state index in [-0.39, 0.29) is 5.56 Å². The van der Waals surface area contributed by atoms with E-state index in [4.69, 9.17) is 11.0 Å². The zero-order valence-corrected chi connectivity index (χ0v) is 9.24. The quantitative estimate of drug-likeness (QED) is 0.814. The molecular formula is C13H10FN3. The molecule has 2 rings (SSSR count). The summed E-state index contributed by atoms with van der Waals surface area (Å²) in [6.07, 6.45) is 0. The Morgan fingerprint density at radius 2 is 2.06 bits per heavy atom. The van der Waals surface area contributed by atoms with E-state index in [1.165, 1.54) is 12.1 Å². The van der Waals surface area contributed by atoms with Gasteiger partial charge in [-0.25, -0.2) is 9.37 Å². The molecule has 0 aliphatic rings. The predicted molar refractivity (Wildman–Crippen MR) is 63.5 cm³/mol. The van der Waals surface area contributed by atoms with Gasteiger partial charge in [0.05, 0.1) is 11.6 Å². The third-order valence-corrected chi connectivity index (χ3v) is 2.45. The highest BCUT2D eigenvalue weighted by Crippen LogP contribution is 2.24. The molecule has 4 heteroatoms. The third-order valence-electron chi connectivity index (χ3n) is 2.45. The molecule has 0 unspecified atom stereocenters. The van der Waals surface area contributed by atoms with E-state index in [1.54, 1.807) is 25.1 Å². The van der Waals surface area contributed by atoms with Gasteiger partial charge in [-0.15, -0.1) is 0 Å². The van der Waals surface area contributed by atoms with E-state index in [0.717, 1.165) is 5.56 Å². The van der Waals surface area contributed by atoms with Crippen molar-refractivity contribution in [3.05, 3.63) is 47.4 Å². The van der Waals surface area contributed by atoms with Crippen LogP contribution in [0.4, 0.5) is 10.2 Å². The molecule has 0 atom stereocenters. The SMILES string of the molecule is Cc1nc(N)ccc1-c1cc(F)cc(C#N)c1. The molecule has 2 aromatic rings. The molecule has 0 fully saturated rings. The number of rotatable bonds is 1. The Morgan fingerprint density at radius 3 is 2.71 bits per heavy atom. The lowest BCUT2D eigenvalue weighted by molar-refractivity contribution is 0.628. The molecule has 3 nitrogen and oxygen atoms in total. The minimum atomic E-state index is -0.435. The minimum absolute atomic E-state index is 0.288. The highest BCUT2D eigenvalue weighted by Gasteiger charge is 2.06. The molecular weight excluding hydrogens is 217 g/mol. The molecule has 2 N–H and O–H groups in total. The number of nitrogen functional groups attached to an aromatic ring is 1. The van der Waals surface area contributed by atoms with Gasteiger partial charge in [0.25, 0.3) is 0 Å². The maximum Gasteiger partial charge on any atom is 0.125 e. The Kier molecular flexibility index (Phi) is 2.75. The van der Waals surface area contributed by atoms with E-state index in [1.807, 2.05) is 6.07 Å². The monoisotopic (exact) mass is 227 g/mol. The first-order valence-electron chi connectivity index (χ1n) is 5.04. The molecule has 0 saturated heterocycles. The van der Waals surface area contributed by atoms with Crippen molar-refractivity contribution in [3.8, 4) is 17.2 Å². The van der Waals surface area contributed by atoms with Gasteiger partial charge in [0.2, 0.25) is 0 Å². The van der Waals surface area contributed by atoms with Crippen LogP contribution in [0.5, 0.6) is 0 Å². The van der Waals surface area contributed by atoms with E-state index < -0.39 is 5.82 Å². The largest absolute Gasteiger partial charge is 0.384 e. The van der Waals surface area contributed by atoms with Gasteiger partial charge in [-0.2, -0.15) is 5.26 Å². The topological polar surface area (TPSA) is 62.7 Å². The van der Waals surface area contributed by atoms with Crippen molar-refractivity contribution in [2.45, 2.75) is 6.92 Å². The second-order valence-electron chi connectivity index (χ2n) is 3.71. The zero-order valence-electron chi connectivity index (χ0n) is 9.24. The van der Waals surface area contributed by atoms with E-state index in [0.29, 0.717) is 17.1 Å². The Hall–Kier alpha value is -2.41. The van der Waals surface area contributed by atoms with Gasteiger partial charge >= 0.3 is 0 Å². The highest BCUT2D eigenvalue weighted by atomic mass is 19.1. The molecule has 0 aliphatic heterocycles. The van der Waals surface area contributed by atoms with Gasteiger partial charge in [0.1, 0.15) is 11.6 Å². The van der Waals surface area contributed by atoms with Crippen molar-refractivity contribution in [1.82, 2.24) is 4.98 Å². The maximum absolute atomic E-state index is 13.3. The average Bonchev–Trinajstić information content (AvgIpc) is 2.28. The summed E-state index contributed by atoms with van der Waals surface area (Å²) in [7, 11) is 0. The fourth-order valence-corrected chi connectivity index (χ4v) is 1.70. The molecule has 0 radical (unpaired) electrons. The Balaban J connectivity index is 2.61. The number of pyridine rings is 1. The molecule has 0 bridgehead atoms. The molecule has 0 saturated carbocycles. The van der Waals surface area contributed by atoms with Crippen LogP contribution in [0, 0.1) is 24.1 Å².